The molecule has 0 radical (unpaired) electrons. The van der Waals surface area contributed by atoms with E-state index in [1.807, 2.05) is 12.2 Å². The van der Waals surface area contributed by atoms with Gasteiger partial charge in [0, 0.05) is 12.1 Å². The number of anilines is 1. The number of aliphatic carboxylic acids is 1. The van der Waals surface area contributed by atoms with Crippen molar-refractivity contribution in [1.82, 2.24) is 0 Å². The van der Waals surface area contributed by atoms with E-state index in [1.54, 1.807) is 12.1 Å². The minimum absolute atomic E-state index is 0.00515. The monoisotopic (exact) mass is 421 g/mol. The number of ether oxygens (including phenoxy) is 2. The topological polar surface area (TPSA) is 84.9 Å². The van der Waals surface area contributed by atoms with Crippen LogP contribution in [0.15, 0.2) is 28.8 Å². The molecule has 138 valence electrons. The van der Waals surface area contributed by atoms with Crippen molar-refractivity contribution >= 4 is 33.5 Å². The highest BCUT2D eigenvalue weighted by molar-refractivity contribution is 9.10. The lowest BCUT2D eigenvalue weighted by molar-refractivity contribution is -0.152. The van der Waals surface area contributed by atoms with Crippen molar-refractivity contribution in [1.29, 1.82) is 0 Å². The molecule has 1 aromatic rings. The van der Waals surface area contributed by atoms with Gasteiger partial charge in [-0.25, -0.2) is 0 Å². The van der Waals surface area contributed by atoms with Crippen LogP contribution >= 0.6 is 15.9 Å². The summed E-state index contributed by atoms with van der Waals surface area (Å²) in [5.74, 6) is -0.534. The average Bonchev–Trinajstić information content (AvgIpc) is 3.44. The largest absolute Gasteiger partial charge is 0.495 e. The number of rotatable bonds is 5. The number of hydrogen-bond donors (Lipinski definition) is 2. The molecule has 2 N–H and O–H groups in total. The zero-order valence-corrected chi connectivity index (χ0v) is 16.0. The second-order valence-electron chi connectivity index (χ2n) is 7.17. The number of fused-ring (bicyclic) bond motifs is 1. The lowest BCUT2D eigenvalue weighted by Crippen LogP contribution is -2.48. The smallest absolute Gasteiger partial charge is 0.307 e. The molecular weight excluding hydrogens is 402 g/mol. The third-order valence-corrected chi connectivity index (χ3v) is 6.59. The van der Waals surface area contributed by atoms with E-state index in [-0.39, 0.29) is 17.7 Å². The molecule has 1 amide bonds. The zero-order valence-electron chi connectivity index (χ0n) is 14.4. The van der Waals surface area contributed by atoms with Gasteiger partial charge in [0.15, 0.2) is 0 Å². The van der Waals surface area contributed by atoms with Crippen LogP contribution in [-0.4, -0.2) is 31.2 Å². The van der Waals surface area contributed by atoms with Crippen LogP contribution in [-0.2, 0) is 9.59 Å². The van der Waals surface area contributed by atoms with Gasteiger partial charge in [0.2, 0.25) is 5.91 Å². The van der Waals surface area contributed by atoms with Crippen molar-refractivity contribution in [2.75, 3.05) is 19.5 Å². The van der Waals surface area contributed by atoms with Crippen molar-refractivity contribution in [2.24, 2.45) is 35.5 Å². The summed E-state index contributed by atoms with van der Waals surface area (Å²) in [7, 11) is 3.06. The molecule has 0 unspecified atom stereocenters. The molecule has 2 bridgehead atoms. The molecule has 0 aliphatic heterocycles. The maximum atomic E-state index is 13.1. The number of carbonyl (C=O) groups excluding carboxylic acids is 1. The summed E-state index contributed by atoms with van der Waals surface area (Å²) in [5, 5.41) is 12.6. The van der Waals surface area contributed by atoms with Crippen molar-refractivity contribution in [3.8, 4) is 11.5 Å². The van der Waals surface area contributed by atoms with E-state index in [9.17, 15) is 14.7 Å². The number of carboxylic acid groups (broad SMARTS) is 1. The van der Waals surface area contributed by atoms with Gasteiger partial charge in [-0.3, -0.25) is 9.59 Å². The molecule has 2 fully saturated rings. The summed E-state index contributed by atoms with van der Waals surface area (Å²) in [5.41, 5.74) is 0.472. The lowest BCUT2D eigenvalue weighted by atomic mass is 9.62. The van der Waals surface area contributed by atoms with Gasteiger partial charge in [0.1, 0.15) is 11.5 Å². The van der Waals surface area contributed by atoms with E-state index < -0.39 is 17.8 Å². The van der Waals surface area contributed by atoms with E-state index in [0.29, 0.717) is 33.5 Å². The molecule has 0 saturated heterocycles. The third-order valence-electron chi connectivity index (χ3n) is 5.97. The first-order valence-corrected chi connectivity index (χ1v) is 9.39. The van der Waals surface area contributed by atoms with Gasteiger partial charge >= 0.3 is 5.97 Å². The minimum Gasteiger partial charge on any atom is -0.495 e. The Morgan fingerprint density at radius 1 is 1.08 bits per heavy atom. The number of benzene rings is 1. The van der Waals surface area contributed by atoms with Crippen LogP contribution in [0.5, 0.6) is 11.5 Å². The summed E-state index contributed by atoms with van der Waals surface area (Å²) in [4.78, 5) is 25.0. The molecule has 7 heteroatoms. The van der Waals surface area contributed by atoms with E-state index in [0.717, 1.165) is 6.42 Å². The number of allylic oxidation sites excluding steroid dienone is 2. The van der Waals surface area contributed by atoms with Crippen LogP contribution < -0.4 is 14.8 Å². The SMILES string of the molecule is COc1cc(NC(=O)[C@@H]2[C@H]3C=C[C@@H]([C@@H]4C[C@H]34)[C@@H]2C(=O)O)c(OC)cc1Br. The van der Waals surface area contributed by atoms with Crippen molar-refractivity contribution in [3.05, 3.63) is 28.8 Å². The number of carbonyl (C=O) groups is 2. The van der Waals surface area contributed by atoms with Crippen LogP contribution in [0.3, 0.4) is 0 Å². The lowest BCUT2D eigenvalue weighted by Gasteiger charge is -2.41. The second-order valence-corrected chi connectivity index (χ2v) is 8.02. The molecule has 6 nitrogen and oxygen atoms in total. The Kier molecular flexibility index (Phi) is 4.22. The predicted molar refractivity (Wildman–Crippen MR) is 98.2 cm³/mol. The average molecular weight is 422 g/mol. The van der Waals surface area contributed by atoms with Gasteiger partial charge in [0.25, 0.3) is 0 Å². The van der Waals surface area contributed by atoms with Crippen LogP contribution in [0.1, 0.15) is 6.42 Å². The minimum atomic E-state index is -0.893. The van der Waals surface area contributed by atoms with E-state index in [1.165, 1.54) is 14.2 Å². The van der Waals surface area contributed by atoms with E-state index in [2.05, 4.69) is 21.2 Å². The molecule has 4 aliphatic rings. The van der Waals surface area contributed by atoms with Gasteiger partial charge in [-0.05, 0) is 46.0 Å². The van der Waals surface area contributed by atoms with Gasteiger partial charge in [0.05, 0.1) is 36.2 Å². The standard InChI is InChI=1S/C19H20BrNO5/c1-25-14-7-13(15(26-2)6-12(14)20)21-18(22)16-8-3-4-9(11-5-10(8)11)17(16)19(23)24/h3-4,6-11,16-17H,5H2,1-2H3,(H,21,22)(H,23,24)/t8-,9-,10+,11-,16+,17-/m0/s1. The Balaban J connectivity index is 1.64. The first kappa shape index (κ1) is 17.4. The molecule has 26 heavy (non-hydrogen) atoms. The Hall–Kier alpha value is -2.02. The second kappa shape index (κ2) is 6.30. The first-order chi connectivity index (χ1) is 12.5. The van der Waals surface area contributed by atoms with Gasteiger partial charge in [-0.1, -0.05) is 12.2 Å². The predicted octanol–water partition coefficient (Wildman–Crippen LogP) is 3.17. The molecule has 4 aliphatic carbocycles. The molecule has 0 heterocycles. The molecule has 0 aromatic heterocycles. The summed E-state index contributed by atoms with van der Waals surface area (Å²) in [6, 6.07) is 3.39. The molecule has 2 saturated carbocycles. The number of amides is 1. The van der Waals surface area contributed by atoms with Crippen LogP contribution in [0.2, 0.25) is 0 Å². The molecule has 1 aromatic carbocycles. The summed E-state index contributed by atoms with van der Waals surface area (Å²) < 4.78 is 11.3. The molecule has 6 atom stereocenters. The van der Waals surface area contributed by atoms with E-state index >= 15 is 0 Å². The number of methoxy groups -OCH3 is 2. The maximum absolute atomic E-state index is 13.1. The quantitative estimate of drug-likeness (QED) is 0.713. The Morgan fingerprint density at radius 3 is 2.27 bits per heavy atom. The zero-order chi connectivity index (χ0) is 18.6. The molecular formula is C19H20BrNO5. The fourth-order valence-electron chi connectivity index (χ4n) is 4.74. The third kappa shape index (κ3) is 2.60. The maximum Gasteiger partial charge on any atom is 0.307 e. The molecule has 5 rings (SSSR count). The number of carboxylic acids is 1. The fourth-order valence-corrected chi connectivity index (χ4v) is 5.23. The van der Waals surface area contributed by atoms with Crippen LogP contribution in [0.4, 0.5) is 5.69 Å². The first-order valence-electron chi connectivity index (χ1n) is 8.59. The highest BCUT2D eigenvalue weighted by Crippen LogP contribution is 2.63. The summed E-state index contributed by atoms with van der Waals surface area (Å²) >= 11 is 3.39. The van der Waals surface area contributed by atoms with Gasteiger partial charge in [-0.15, -0.1) is 0 Å². The van der Waals surface area contributed by atoms with Gasteiger partial charge < -0.3 is 19.9 Å². The normalized spacial score (nSPS) is 33.3. The van der Waals surface area contributed by atoms with Crippen molar-refractivity contribution in [3.63, 3.8) is 0 Å². The number of halogens is 1. The van der Waals surface area contributed by atoms with E-state index in [4.69, 9.17) is 9.47 Å². The van der Waals surface area contributed by atoms with Crippen molar-refractivity contribution in [2.45, 2.75) is 6.42 Å². The van der Waals surface area contributed by atoms with Crippen LogP contribution in [0, 0.1) is 35.5 Å². The highest BCUT2D eigenvalue weighted by atomic mass is 79.9. The Morgan fingerprint density at radius 2 is 1.69 bits per heavy atom. The highest BCUT2D eigenvalue weighted by Gasteiger charge is 2.63. The number of hydrogen-bond acceptors (Lipinski definition) is 4. The van der Waals surface area contributed by atoms with Crippen molar-refractivity contribution < 1.29 is 24.2 Å². The van der Waals surface area contributed by atoms with Gasteiger partial charge in [-0.2, -0.15) is 0 Å². The summed E-state index contributed by atoms with van der Waals surface area (Å²) in [6.45, 7) is 0. The number of nitrogens with one attached hydrogen (secondary N) is 1. The fraction of sp³-hybridized carbons (Fsp3) is 0.474. The van der Waals surface area contributed by atoms with Crippen LogP contribution in [0.25, 0.3) is 0 Å². The molecule has 0 spiro atoms. The summed E-state index contributed by atoms with van der Waals surface area (Å²) in [6.07, 6.45) is 5.07. The Bertz CT molecular complexity index is 807. The Labute approximate surface area is 159 Å².